The Kier molecular flexibility index (Phi) is 6.19. The SMILES string of the molecule is Cc1ccc(C(=O)C(C)OCCOC(C)C)cc1C. The van der Waals surface area contributed by atoms with Crippen LogP contribution in [0.4, 0.5) is 0 Å². The lowest BCUT2D eigenvalue weighted by Crippen LogP contribution is -2.23. The fourth-order valence-corrected chi connectivity index (χ4v) is 1.71. The van der Waals surface area contributed by atoms with Gasteiger partial charge in [0.05, 0.1) is 19.3 Å². The van der Waals surface area contributed by atoms with Crippen LogP contribution in [-0.2, 0) is 9.47 Å². The molecule has 0 spiro atoms. The fraction of sp³-hybridized carbons (Fsp3) is 0.562. The molecule has 1 rings (SSSR count). The van der Waals surface area contributed by atoms with Crippen LogP contribution in [0.3, 0.4) is 0 Å². The van der Waals surface area contributed by atoms with Crippen LogP contribution in [0.5, 0.6) is 0 Å². The maximum Gasteiger partial charge on any atom is 0.191 e. The maximum atomic E-state index is 12.2. The monoisotopic (exact) mass is 264 g/mol. The second kappa shape index (κ2) is 7.41. The Morgan fingerprint density at radius 3 is 2.26 bits per heavy atom. The van der Waals surface area contributed by atoms with E-state index in [1.807, 2.05) is 45.9 Å². The van der Waals surface area contributed by atoms with Crippen molar-refractivity contribution in [1.29, 1.82) is 0 Å². The largest absolute Gasteiger partial charge is 0.376 e. The molecule has 0 N–H and O–H groups in total. The molecular formula is C16H24O3. The number of ether oxygens (including phenoxy) is 2. The van der Waals surface area contributed by atoms with Gasteiger partial charge in [-0.3, -0.25) is 4.79 Å². The minimum Gasteiger partial charge on any atom is -0.376 e. The Bertz CT molecular complexity index is 424. The topological polar surface area (TPSA) is 35.5 Å². The first-order valence-electron chi connectivity index (χ1n) is 6.76. The summed E-state index contributed by atoms with van der Waals surface area (Å²) in [5, 5.41) is 0. The van der Waals surface area contributed by atoms with Gasteiger partial charge in [0, 0.05) is 5.56 Å². The zero-order valence-corrected chi connectivity index (χ0v) is 12.5. The number of benzene rings is 1. The van der Waals surface area contributed by atoms with Crippen LogP contribution in [0, 0.1) is 13.8 Å². The second-order valence-electron chi connectivity index (χ2n) is 5.10. The van der Waals surface area contributed by atoms with Crippen LogP contribution >= 0.6 is 0 Å². The van der Waals surface area contributed by atoms with Crippen LogP contribution in [-0.4, -0.2) is 31.2 Å². The van der Waals surface area contributed by atoms with Gasteiger partial charge in [0.15, 0.2) is 5.78 Å². The van der Waals surface area contributed by atoms with Crippen molar-refractivity contribution in [1.82, 2.24) is 0 Å². The summed E-state index contributed by atoms with van der Waals surface area (Å²) >= 11 is 0. The van der Waals surface area contributed by atoms with E-state index in [2.05, 4.69) is 0 Å². The van der Waals surface area contributed by atoms with Gasteiger partial charge in [-0.25, -0.2) is 0 Å². The summed E-state index contributed by atoms with van der Waals surface area (Å²) in [5.41, 5.74) is 3.03. The Hall–Kier alpha value is -1.19. The number of ketones is 1. The number of Topliss-reactive ketones (excluding diaryl/α,β-unsaturated/α-hetero) is 1. The van der Waals surface area contributed by atoms with Crippen molar-refractivity contribution in [3.05, 3.63) is 34.9 Å². The van der Waals surface area contributed by atoms with Gasteiger partial charge in [-0.05, 0) is 51.8 Å². The number of rotatable bonds is 7. The predicted octanol–water partition coefficient (Wildman–Crippen LogP) is 3.32. The smallest absolute Gasteiger partial charge is 0.191 e. The van der Waals surface area contributed by atoms with Crippen LogP contribution in [0.2, 0.25) is 0 Å². The quantitative estimate of drug-likeness (QED) is 0.560. The van der Waals surface area contributed by atoms with E-state index >= 15 is 0 Å². The third-order valence-electron chi connectivity index (χ3n) is 3.06. The standard InChI is InChI=1S/C16H24O3/c1-11(2)18-8-9-19-14(5)16(17)15-7-6-12(3)13(4)10-15/h6-7,10-11,14H,8-9H2,1-5H3. The zero-order chi connectivity index (χ0) is 14.4. The maximum absolute atomic E-state index is 12.2. The molecule has 1 aromatic carbocycles. The summed E-state index contributed by atoms with van der Waals surface area (Å²) in [6.07, 6.45) is -0.243. The van der Waals surface area contributed by atoms with Crippen LogP contribution in [0.25, 0.3) is 0 Å². The first-order valence-corrected chi connectivity index (χ1v) is 6.76. The van der Waals surface area contributed by atoms with Crippen LogP contribution in [0.15, 0.2) is 18.2 Å². The van der Waals surface area contributed by atoms with E-state index in [9.17, 15) is 4.79 Å². The molecule has 1 aromatic rings. The van der Waals surface area contributed by atoms with E-state index in [-0.39, 0.29) is 11.9 Å². The molecule has 0 heterocycles. The number of aryl methyl sites for hydroxylation is 2. The van der Waals surface area contributed by atoms with Gasteiger partial charge in [0.1, 0.15) is 6.10 Å². The molecule has 0 aromatic heterocycles. The highest BCUT2D eigenvalue weighted by Crippen LogP contribution is 2.12. The second-order valence-corrected chi connectivity index (χ2v) is 5.10. The van der Waals surface area contributed by atoms with E-state index < -0.39 is 6.10 Å². The van der Waals surface area contributed by atoms with E-state index in [0.29, 0.717) is 18.8 Å². The molecule has 0 amide bonds. The normalized spacial score (nSPS) is 12.7. The van der Waals surface area contributed by atoms with Crippen LogP contribution < -0.4 is 0 Å². The molecule has 106 valence electrons. The van der Waals surface area contributed by atoms with Crippen LogP contribution in [0.1, 0.15) is 42.3 Å². The molecule has 0 saturated carbocycles. The van der Waals surface area contributed by atoms with Gasteiger partial charge in [-0.15, -0.1) is 0 Å². The lowest BCUT2D eigenvalue weighted by molar-refractivity contribution is -0.00176. The zero-order valence-electron chi connectivity index (χ0n) is 12.5. The van der Waals surface area contributed by atoms with Crippen molar-refractivity contribution >= 4 is 5.78 Å². The molecular weight excluding hydrogens is 240 g/mol. The minimum absolute atomic E-state index is 0.0210. The minimum atomic E-state index is -0.433. The Labute approximate surface area is 115 Å². The first-order chi connectivity index (χ1) is 8.91. The van der Waals surface area contributed by atoms with E-state index in [1.54, 1.807) is 6.92 Å². The third kappa shape index (κ3) is 5.13. The summed E-state index contributed by atoms with van der Waals surface area (Å²) in [5.74, 6) is 0.0210. The molecule has 1 atom stereocenters. The molecule has 0 aliphatic rings. The highest BCUT2D eigenvalue weighted by Gasteiger charge is 2.16. The molecule has 3 nitrogen and oxygen atoms in total. The van der Waals surface area contributed by atoms with Crippen molar-refractivity contribution in [3.63, 3.8) is 0 Å². The van der Waals surface area contributed by atoms with Crippen molar-refractivity contribution in [2.45, 2.75) is 46.8 Å². The first kappa shape index (κ1) is 15.9. The van der Waals surface area contributed by atoms with E-state index in [4.69, 9.17) is 9.47 Å². The molecule has 1 unspecified atom stereocenters. The van der Waals surface area contributed by atoms with Gasteiger partial charge in [-0.1, -0.05) is 12.1 Å². The van der Waals surface area contributed by atoms with Gasteiger partial charge in [-0.2, -0.15) is 0 Å². The summed E-state index contributed by atoms with van der Waals surface area (Å²) in [7, 11) is 0. The lowest BCUT2D eigenvalue weighted by atomic mass is 10.0. The Morgan fingerprint density at radius 2 is 1.68 bits per heavy atom. The summed E-state index contributed by atoms with van der Waals surface area (Å²) in [4.78, 5) is 12.2. The number of hydrogen-bond donors (Lipinski definition) is 0. The highest BCUT2D eigenvalue weighted by molar-refractivity contribution is 5.99. The van der Waals surface area contributed by atoms with Gasteiger partial charge < -0.3 is 9.47 Å². The number of hydrogen-bond acceptors (Lipinski definition) is 3. The average Bonchev–Trinajstić information content (AvgIpc) is 2.36. The van der Waals surface area contributed by atoms with Crippen molar-refractivity contribution in [3.8, 4) is 0 Å². The lowest BCUT2D eigenvalue weighted by Gasteiger charge is -2.14. The average molecular weight is 264 g/mol. The Morgan fingerprint density at radius 1 is 1.05 bits per heavy atom. The molecule has 0 radical (unpaired) electrons. The Balaban J connectivity index is 2.49. The summed E-state index contributed by atoms with van der Waals surface area (Å²) < 4.78 is 10.9. The van der Waals surface area contributed by atoms with Gasteiger partial charge in [0.2, 0.25) is 0 Å². The summed E-state index contributed by atoms with van der Waals surface area (Å²) in [6.45, 7) is 10.7. The van der Waals surface area contributed by atoms with Crippen molar-refractivity contribution < 1.29 is 14.3 Å². The molecule has 3 heteroatoms. The highest BCUT2D eigenvalue weighted by atomic mass is 16.5. The molecule has 0 aliphatic carbocycles. The molecule has 0 saturated heterocycles. The number of carbonyl (C=O) groups excluding carboxylic acids is 1. The van der Waals surface area contributed by atoms with Crippen molar-refractivity contribution in [2.24, 2.45) is 0 Å². The predicted molar refractivity (Wildman–Crippen MR) is 76.7 cm³/mol. The third-order valence-corrected chi connectivity index (χ3v) is 3.06. The van der Waals surface area contributed by atoms with E-state index in [0.717, 1.165) is 5.56 Å². The molecule has 0 bridgehead atoms. The molecule has 0 fully saturated rings. The van der Waals surface area contributed by atoms with E-state index in [1.165, 1.54) is 5.56 Å². The summed E-state index contributed by atoms with van der Waals surface area (Å²) in [6, 6.07) is 5.74. The van der Waals surface area contributed by atoms with Crippen molar-refractivity contribution in [2.75, 3.05) is 13.2 Å². The number of carbonyl (C=O) groups is 1. The van der Waals surface area contributed by atoms with Gasteiger partial charge >= 0.3 is 0 Å². The molecule has 19 heavy (non-hydrogen) atoms. The molecule has 0 aliphatic heterocycles. The van der Waals surface area contributed by atoms with Gasteiger partial charge in [0.25, 0.3) is 0 Å². The fourth-order valence-electron chi connectivity index (χ4n) is 1.71.